The summed E-state index contributed by atoms with van der Waals surface area (Å²) in [5.41, 5.74) is 1.22. The maximum absolute atomic E-state index is 11.7. The lowest BCUT2D eigenvalue weighted by molar-refractivity contribution is 0.0528. The summed E-state index contributed by atoms with van der Waals surface area (Å²) in [5.74, 6) is -1.41. The van der Waals surface area contributed by atoms with Gasteiger partial charge in [-0.25, -0.2) is 9.59 Å². The molecule has 0 unspecified atom stereocenters. The van der Waals surface area contributed by atoms with E-state index in [0.717, 1.165) is 0 Å². The number of carbonyl (C=O) groups excluding carboxylic acids is 2. The Hall–Kier alpha value is -2.33. The molecular weight excluding hydrogens is 325 g/mol. The maximum Gasteiger partial charge on any atom is 0.411 e. The second-order valence-corrected chi connectivity index (χ2v) is 6.04. The molecule has 8 nitrogen and oxygen atoms in total. The lowest BCUT2D eigenvalue weighted by Gasteiger charge is -2.10. The number of carbonyl (C=O) groups is 2. The molecule has 0 fully saturated rings. The summed E-state index contributed by atoms with van der Waals surface area (Å²) in [6.45, 7) is 3.04. The van der Waals surface area contributed by atoms with Crippen LogP contribution in [0.3, 0.4) is 0 Å². The van der Waals surface area contributed by atoms with Gasteiger partial charge in [-0.2, -0.15) is 8.42 Å². The summed E-state index contributed by atoms with van der Waals surface area (Å²) in [7, 11) is -2.52. The number of ether oxygens (including phenoxy) is 2. The Balaban J connectivity index is 2.66. The smallest absolute Gasteiger partial charge is 0.411 e. The Morgan fingerprint density at radius 3 is 2.61 bits per heavy atom. The number of nitrogens with one attached hydrogen (secondary N) is 1. The van der Waals surface area contributed by atoms with E-state index in [1.54, 1.807) is 7.85 Å². The molecule has 0 aromatic heterocycles. The number of amides is 1. The van der Waals surface area contributed by atoms with Gasteiger partial charge >= 0.3 is 12.1 Å². The number of hydrogen-bond donors (Lipinski definition) is 2. The highest BCUT2D eigenvalue weighted by atomic mass is 32.2. The zero-order chi connectivity index (χ0) is 17.5. The van der Waals surface area contributed by atoms with E-state index in [4.69, 9.17) is 14.0 Å². The fraction of sp³-hybridized carbons (Fsp3) is 0.231. The first-order chi connectivity index (χ1) is 10.7. The number of rotatable bonds is 7. The van der Waals surface area contributed by atoms with Crippen LogP contribution in [0.5, 0.6) is 0 Å². The fourth-order valence-electron chi connectivity index (χ4n) is 1.53. The molecule has 1 rings (SSSR count). The van der Waals surface area contributed by atoms with Crippen molar-refractivity contribution < 1.29 is 32.0 Å². The second-order valence-electron chi connectivity index (χ2n) is 4.46. The fourth-order valence-corrected chi connectivity index (χ4v) is 1.83. The van der Waals surface area contributed by atoms with Crippen LogP contribution in [0.4, 0.5) is 10.5 Å². The molecule has 0 saturated heterocycles. The second kappa shape index (κ2) is 8.35. The van der Waals surface area contributed by atoms with Crippen LogP contribution >= 0.6 is 0 Å². The van der Waals surface area contributed by atoms with Crippen molar-refractivity contribution in [2.75, 3.05) is 24.3 Å². The summed E-state index contributed by atoms with van der Waals surface area (Å²) in [4.78, 5) is 23.2. The molecule has 0 aliphatic heterocycles. The average molecular weight is 341 g/mol. The van der Waals surface area contributed by atoms with E-state index in [1.165, 1.54) is 24.3 Å². The first kappa shape index (κ1) is 18.7. The van der Waals surface area contributed by atoms with Gasteiger partial charge in [0.1, 0.15) is 26.8 Å². The number of benzene rings is 1. The minimum atomic E-state index is -4.18. The number of anilines is 1. The van der Waals surface area contributed by atoms with Gasteiger partial charge < -0.3 is 9.47 Å². The molecule has 1 aromatic carbocycles. The van der Waals surface area contributed by atoms with Crippen molar-refractivity contribution in [2.24, 2.45) is 0 Å². The zero-order valence-corrected chi connectivity index (χ0v) is 13.3. The standard InChI is InChI=1S/C13H16BNO7S/c1-2-5-22-13(17)15-11-4-3-9(8-10(11)14)12(16)21-6-7-23(18,19)20/h2-4,8H,1,5-7,14H2,(H,15,17)(H,18,19,20). The normalized spacial score (nSPS) is 10.7. The quantitative estimate of drug-likeness (QED) is 0.303. The monoisotopic (exact) mass is 341 g/mol. The molecule has 124 valence electrons. The van der Waals surface area contributed by atoms with Crippen LogP contribution in [0.15, 0.2) is 30.9 Å². The van der Waals surface area contributed by atoms with Crippen LogP contribution in [0.25, 0.3) is 0 Å². The Morgan fingerprint density at radius 2 is 2.04 bits per heavy atom. The van der Waals surface area contributed by atoms with Crippen molar-refractivity contribution in [3.63, 3.8) is 0 Å². The summed E-state index contributed by atoms with van der Waals surface area (Å²) < 4.78 is 39.1. The van der Waals surface area contributed by atoms with E-state index in [1.807, 2.05) is 0 Å². The molecular formula is C13H16BNO7S. The van der Waals surface area contributed by atoms with Crippen LogP contribution in [-0.2, 0) is 19.6 Å². The average Bonchev–Trinajstić information content (AvgIpc) is 2.45. The van der Waals surface area contributed by atoms with Gasteiger partial charge in [-0.3, -0.25) is 9.87 Å². The lowest BCUT2D eigenvalue weighted by Crippen LogP contribution is -2.21. The molecule has 0 saturated carbocycles. The largest absolute Gasteiger partial charge is 0.461 e. The van der Waals surface area contributed by atoms with E-state index in [0.29, 0.717) is 11.2 Å². The molecule has 0 aliphatic carbocycles. The third-order valence-electron chi connectivity index (χ3n) is 2.61. The van der Waals surface area contributed by atoms with E-state index >= 15 is 0 Å². The van der Waals surface area contributed by atoms with Gasteiger partial charge in [0.25, 0.3) is 10.1 Å². The van der Waals surface area contributed by atoms with Gasteiger partial charge in [-0.1, -0.05) is 24.2 Å². The van der Waals surface area contributed by atoms with Crippen molar-refractivity contribution in [3.8, 4) is 0 Å². The predicted molar refractivity (Wildman–Crippen MR) is 86.5 cm³/mol. The lowest BCUT2D eigenvalue weighted by atomic mass is 9.92. The molecule has 10 heteroatoms. The number of hydrogen-bond acceptors (Lipinski definition) is 6. The molecule has 0 heterocycles. The highest BCUT2D eigenvalue weighted by Crippen LogP contribution is 2.08. The van der Waals surface area contributed by atoms with Crippen LogP contribution < -0.4 is 10.8 Å². The molecule has 0 radical (unpaired) electrons. The van der Waals surface area contributed by atoms with Gasteiger partial charge in [0, 0.05) is 5.69 Å². The first-order valence-corrected chi connectivity index (χ1v) is 8.11. The van der Waals surface area contributed by atoms with E-state index in [2.05, 4.69) is 11.9 Å². The summed E-state index contributed by atoms with van der Waals surface area (Å²) >= 11 is 0. The Morgan fingerprint density at radius 1 is 1.35 bits per heavy atom. The van der Waals surface area contributed by atoms with E-state index < -0.39 is 34.5 Å². The third-order valence-corrected chi connectivity index (χ3v) is 3.29. The Bertz CT molecular complexity index is 702. The molecule has 0 bridgehead atoms. The van der Waals surface area contributed by atoms with Crippen molar-refractivity contribution in [1.29, 1.82) is 0 Å². The van der Waals surface area contributed by atoms with Crippen molar-refractivity contribution in [1.82, 2.24) is 0 Å². The Kier molecular flexibility index (Phi) is 6.79. The van der Waals surface area contributed by atoms with Crippen molar-refractivity contribution in [3.05, 3.63) is 36.4 Å². The molecule has 0 atom stereocenters. The third kappa shape index (κ3) is 6.98. The maximum atomic E-state index is 11.7. The summed E-state index contributed by atoms with van der Waals surface area (Å²) in [6.07, 6.45) is 0.773. The van der Waals surface area contributed by atoms with Crippen molar-refractivity contribution >= 4 is 41.2 Å². The molecule has 1 amide bonds. The Labute approximate surface area is 134 Å². The van der Waals surface area contributed by atoms with Gasteiger partial charge in [-0.15, -0.1) is 0 Å². The van der Waals surface area contributed by atoms with Gasteiger partial charge in [0.2, 0.25) is 0 Å². The van der Waals surface area contributed by atoms with Crippen LogP contribution in [0.1, 0.15) is 10.4 Å². The van der Waals surface area contributed by atoms with Crippen LogP contribution in [0, 0.1) is 0 Å². The number of esters is 1. The van der Waals surface area contributed by atoms with Gasteiger partial charge in [-0.05, 0) is 12.1 Å². The minimum Gasteiger partial charge on any atom is -0.461 e. The molecule has 0 aliphatic rings. The summed E-state index contributed by atoms with van der Waals surface area (Å²) in [5, 5.41) is 2.50. The zero-order valence-electron chi connectivity index (χ0n) is 12.4. The topological polar surface area (TPSA) is 119 Å². The van der Waals surface area contributed by atoms with Gasteiger partial charge in [0.05, 0.1) is 5.56 Å². The molecule has 23 heavy (non-hydrogen) atoms. The minimum absolute atomic E-state index is 0.0725. The van der Waals surface area contributed by atoms with Gasteiger partial charge in [0.15, 0.2) is 0 Å². The highest BCUT2D eigenvalue weighted by Gasteiger charge is 2.12. The highest BCUT2D eigenvalue weighted by molar-refractivity contribution is 7.85. The molecule has 0 spiro atoms. The van der Waals surface area contributed by atoms with Crippen LogP contribution in [0.2, 0.25) is 0 Å². The molecule has 2 N–H and O–H groups in total. The summed E-state index contributed by atoms with van der Waals surface area (Å²) in [6, 6.07) is 4.37. The van der Waals surface area contributed by atoms with Crippen LogP contribution in [-0.4, -0.2) is 51.8 Å². The van der Waals surface area contributed by atoms with Crippen molar-refractivity contribution in [2.45, 2.75) is 0 Å². The SMILES string of the molecule is Bc1cc(C(=O)OCCS(=O)(=O)O)ccc1NC(=O)OCC=C. The van der Waals surface area contributed by atoms with E-state index in [9.17, 15) is 18.0 Å². The molecule has 1 aromatic rings. The first-order valence-electron chi connectivity index (χ1n) is 6.50. The predicted octanol–water partition coefficient (Wildman–Crippen LogP) is -0.276. The van der Waals surface area contributed by atoms with E-state index in [-0.39, 0.29) is 12.2 Å².